The number of aromatic nitrogens is 1. The number of nitro groups is 1. The summed E-state index contributed by atoms with van der Waals surface area (Å²) in [6.45, 7) is 1.77. The highest BCUT2D eigenvalue weighted by atomic mass is 16.6. The van der Waals surface area contributed by atoms with Crippen LogP contribution in [-0.4, -0.2) is 16.0 Å². The van der Waals surface area contributed by atoms with Gasteiger partial charge in [-0.2, -0.15) is 0 Å². The molecule has 0 aliphatic carbocycles. The molecule has 4 aromatic rings. The number of aryl methyl sites for hydroxylation is 1. The maximum absolute atomic E-state index is 12.7. The molecule has 7 nitrogen and oxygen atoms in total. The van der Waals surface area contributed by atoms with Crippen molar-refractivity contribution in [2.75, 3.05) is 5.32 Å². The number of nitrogens with one attached hydrogen (secondary N) is 1. The van der Waals surface area contributed by atoms with E-state index in [4.69, 9.17) is 4.52 Å². The molecule has 3 aromatic carbocycles. The molecule has 1 aromatic heterocycles. The molecule has 0 saturated heterocycles. The van der Waals surface area contributed by atoms with E-state index < -0.39 is 4.92 Å². The van der Waals surface area contributed by atoms with Crippen LogP contribution in [0.1, 0.15) is 15.9 Å². The normalized spacial score (nSPS) is 10.8. The zero-order valence-electron chi connectivity index (χ0n) is 14.9. The summed E-state index contributed by atoms with van der Waals surface area (Å²) in [6, 6.07) is 18.9. The van der Waals surface area contributed by atoms with Crippen LogP contribution < -0.4 is 5.32 Å². The lowest BCUT2D eigenvalue weighted by atomic mass is 10.1. The Labute approximate surface area is 159 Å². The highest BCUT2D eigenvalue weighted by Gasteiger charge is 2.16. The van der Waals surface area contributed by atoms with E-state index in [0.717, 1.165) is 16.5 Å². The predicted molar refractivity (Wildman–Crippen MR) is 105 cm³/mol. The van der Waals surface area contributed by atoms with Gasteiger partial charge in [0.25, 0.3) is 11.6 Å². The molecule has 0 unspecified atom stereocenters. The van der Waals surface area contributed by atoms with E-state index >= 15 is 0 Å². The van der Waals surface area contributed by atoms with Gasteiger partial charge in [0.1, 0.15) is 5.52 Å². The van der Waals surface area contributed by atoms with E-state index in [9.17, 15) is 14.9 Å². The molecule has 0 saturated carbocycles. The van der Waals surface area contributed by atoms with Crippen LogP contribution in [0.3, 0.4) is 0 Å². The third-order valence-corrected chi connectivity index (χ3v) is 4.45. The van der Waals surface area contributed by atoms with Crippen molar-refractivity contribution in [2.24, 2.45) is 0 Å². The quantitative estimate of drug-likeness (QED) is 0.402. The monoisotopic (exact) mass is 373 g/mol. The molecule has 1 heterocycles. The molecule has 0 radical (unpaired) electrons. The molecule has 0 aliphatic rings. The SMILES string of the molecule is Cc1ccc([N+](=O)[O-])cc1NC(=O)c1ccc2noc(-c3ccccc3)c2c1. The lowest BCUT2D eigenvalue weighted by Crippen LogP contribution is -2.12. The number of carbonyl (C=O) groups excluding carboxylic acids is 1. The molecule has 0 spiro atoms. The van der Waals surface area contributed by atoms with Gasteiger partial charge in [-0.1, -0.05) is 41.6 Å². The van der Waals surface area contributed by atoms with E-state index in [-0.39, 0.29) is 11.6 Å². The molecule has 0 fully saturated rings. The van der Waals surface area contributed by atoms with Gasteiger partial charge in [-0.3, -0.25) is 14.9 Å². The fourth-order valence-electron chi connectivity index (χ4n) is 2.93. The van der Waals surface area contributed by atoms with Crippen molar-refractivity contribution in [1.29, 1.82) is 0 Å². The highest BCUT2D eigenvalue weighted by molar-refractivity contribution is 6.07. The summed E-state index contributed by atoms with van der Waals surface area (Å²) in [6.07, 6.45) is 0. The number of carbonyl (C=O) groups is 1. The molecule has 4 rings (SSSR count). The smallest absolute Gasteiger partial charge is 0.271 e. The largest absolute Gasteiger partial charge is 0.355 e. The number of rotatable bonds is 4. The topological polar surface area (TPSA) is 98.3 Å². The number of nitro benzene ring substituents is 1. The van der Waals surface area contributed by atoms with Gasteiger partial charge in [0.05, 0.1) is 16.0 Å². The molecular formula is C21H15N3O4. The van der Waals surface area contributed by atoms with Crippen molar-refractivity contribution < 1.29 is 14.2 Å². The van der Waals surface area contributed by atoms with E-state index in [0.29, 0.717) is 22.5 Å². The molecule has 1 amide bonds. The van der Waals surface area contributed by atoms with Crippen LogP contribution in [0.2, 0.25) is 0 Å². The number of hydrogen-bond donors (Lipinski definition) is 1. The Hall–Kier alpha value is -4.00. The maximum Gasteiger partial charge on any atom is 0.271 e. The third kappa shape index (κ3) is 3.21. The number of hydrogen-bond acceptors (Lipinski definition) is 5. The Morgan fingerprint density at radius 1 is 1.07 bits per heavy atom. The Morgan fingerprint density at radius 3 is 2.61 bits per heavy atom. The molecule has 0 atom stereocenters. The van der Waals surface area contributed by atoms with E-state index in [1.54, 1.807) is 31.2 Å². The Balaban J connectivity index is 1.69. The van der Waals surface area contributed by atoms with Crippen molar-refractivity contribution in [2.45, 2.75) is 6.92 Å². The number of non-ortho nitro benzene ring substituents is 1. The average Bonchev–Trinajstić information content (AvgIpc) is 3.13. The van der Waals surface area contributed by atoms with Crippen molar-refractivity contribution in [3.05, 3.63) is 88.0 Å². The minimum Gasteiger partial charge on any atom is -0.355 e. The lowest BCUT2D eigenvalue weighted by molar-refractivity contribution is -0.384. The first-order valence-electron chi connectivity index (χ1n) is 8.54. The summed E-state index contributed by atoms with van der Waals surface area (Å²) < 4.78 is 5.46. The summed E-state index contributed by atoms with van der Waals surface area (Å²) in [5, 5.41) is 18.5. The van der Waals surface area contributed by atoms with Gasteiger partial charge in [-0.25, -0.2) is 0 Å². The van der Waals surface area contributed by atoms with Gasteiger partial charge in [0.2, 0.25) is 0 Å². The first-order chi connectivity index (χ1) is 13.5. The number of fused-ring (bicyclic) bond motifs is 1. The van der Waals surface area contributed by atoms with Crippen LogP contribution in [0.25, 0.3) is 22.2 Å². The molecule has 138 valence electrons. The van der Waals surface area contributed by atoms with Crippen molar-refractivity contribution in [3.8, 4) is 11.3 Å². The first kappa shape index (κ1) is 17.4. The summed E-state index contributed by atoms with van der Waals surface area (Å²) in [5.74, 6) is 0.211. The van der Waals surface area contributed by atoms with Crippen molar-refractivity contribution in [3.63, 3.8) is 0 Å². The Kier molecular flexibility index (Phi) is 4.33. The molecular weight excluding hydrogens is 358 g/mol. The zero-order chi connectivity index (χ0) is 19.7. The Morgan fingerprint density at radius 2 is 1.86 bits per heavy atom. The van der Waals surface area contributed by atoms with Gasteiger partial charge in [-0.15, -0.1) is 0 Å². The third-order valence-electron chi connectivity index (χ3n) is 4.45. The fourth-order valence-corrected chi connectivity index (χ4v) is 2.93. The summed E-state index contributed by atoms with van der Waals surface area (Å²) in [7, 11) is 0. The molecule has 7 heteroatoms. The van der Waals surface area contributed by atoms with Crippen LogP contribution in [0.4, 0.5) is 11.4 Å². The second-order valence-electron chi connectivity index (χ2n) is 6.32. The van der Waals surface area contributed by atoms with Gasteiger partial charge in [-0.05, 0) is 30.7 Å². The summed E-state index contributed by atoms with van der Waals surface area (Å²) in [5.41, 5.74) is 2.95. The van der Waals surface area contributed by atoms with Gasteiger partial charge >= 0.3 is 0 Å². The fraction of sp³-hybridized carbons (Fsp3) is 0.0476. The van der Waals surface area contributed by atoms with Gasteiger partial charge in [0.15, 0.2) is 5.76 Å². The predicted octanol–water partition coefficient (Wildman–Crippen LogP) is 4.96. The molecule has 28 heavy (non-hydrogen) atoms. The number of nitrogens with zero attached hydrogens (tertiary/aromatic N) is 2. The minimum absolute atomic E-state index is 0.0817. The second-order valence-corrected chi connectivity index (χ2v) is 6.32. The Bertz CT molecular complexity index is 1200. The van der Waals surface area contributed by atoms with Crippen LogP contribution in [0, 0.1) is 17.0 Å². The van der Waals surface area contributed by atoms with Crippen molar-refractivity contribution >= 4 is 28.2 Å². The average molecular weight is 373 g/mol. The second kappa shape index (κ2) is 6.96. The molecule has 1 N–H and O–H groups in total. The van der Waals surface area contributed by atoms with E-state index in [1.807, 2.05) is 30.3 Å². The molecule has 0 bridgehead atoms. The number of anilines is 1. The van der Waals surface area contributed by atoms with E-state index in [1.165, 1.54) is 12.1 Å². The van der Waals surface area contributed by atoms with Gasteiger partial charge < -0.3 is 9.84 Å². The van der Waals surface area contributed by atoms with E-state index in [2.05, 4.69) is 10.5 Å². The van der Waals surface area contributed by atoms with Crippen LogP contribution in [0.15, 0.2) is 71.3 Å². The molecule has 0 aliphatic heterocycles. The first-order valence-corrected chi connectivity index (χ1v) is 8.54. The van der Waals surface area contributed by atoms with Crippen LogP contribution in [-0.2, 0) is 0 Å². The standard InChI is InChI=1S/C21H15N3O4/c1-13-7-9-16(24(26)27)12-19(13)22-21(25)15-8-10-18-17(11-15)20(28-23-18)14-5-3-2-4-6-14/h2-12H,1H3,(H,22,25). The minimum atomic E-state index is -0.496. The highest BCUT2D eigenvalue weighted by Crippen LogP contribution is 2.29. The van der Waals surface area contributed by atoms with Gasteiger partial charge in [0, 0.05) is 23.3 Å². The zero-order valence-corrected chi connectivity index (χ0v) is 14.9. The summed E-state index contributed by atoms with van der Waals surface area (Å²) in [4.78, 5) is 23.2. The number of amides is 1. The lowest BCUT2D eigenvalue weighted by Gasteiger charge is -2.08. The maximum atomic E-state index is 12.7. The van der Waals surface area contributed by atoms with Crippen LogP contribution in [0.5, 0.6) is 0 Å². The number of benzene rings is 3. The summed E-state index contributed by atoms with van der Waals surface area (Å²) >= 11 is 0. The van der Waals surface area contributed by atoms with Crippen molar-refractivity contribution in [1.82, 2.24) is 5.16 Å². The van der Waals surface area contributed by atoms with Crippen LogP contribution >= 0.6 is 0 Å².